The second-order valence-corrected chi connectivity index (χ2v) is 9.51. The molecule has 1 aliphatic carbocycles. The molecule has 3 aliphatic rings. The molecule has 5 nitrogen and oxygen atoms in total. The summed E-state index contributed by atoms with van der Waals surface area (Å²) in [5.74, 6) is 1.11. The molecule has 0 spiro atoms. The van der Waals surface area contributed by atoms with Gasteiger partial charge in [-0.1, -0.05) is 78.7 Å². The fourth-order valence-corrected chi connectivity index (χ4v) is 5.96. The highest BCUT2D eigenvalue weighted by Crippen LogP contribution is 2.39. The molecule has 1 amide bonds. The van der Waals surface area contributed by atoms with Crippen molar-refractivity contribution >= 4 is 34.4 Å². The third-order valence-corrected chi connectivity index (χ3v) is 7.47. The zero-order valence-electron chi connectivity index (χ0n) is 16.7. The number of carbonyl (C=O) groups is 1. The van der Waals surface area contributed by atoms with Crippen molar-refractivity contribution in [2.75, 3.05) is 0 Å². The van der Waals surface area contributed by atoms with Gasteiger partial charge >= 0.3 is 0 Å². The van der Waals surface area contributed by atoms with Crippen molar-refractivity contribution in [3.8, 4) is 0 Å². The molecule has 0 radical (unpaired) electrons. The quantitative estimate of drug-likeness (QED) is 0.752. The minimum Gasteiger partial charge on any atom is -0.307 e. The van der Waals surface area contributed by atoms with Crippen LogP contribution in [0, 0.1) is 5.92 Å². The van der Waals surface area contributed by atoms with Gasteiger partial charge in [-0.15, -0.1) is 0 Å². The largest absolute Gasteiger partial charge is 0.307 e. The average Bonchev–Trinajstić information content (AvgIpc) is 3.20. The van der Waals surface area contributed by atoms with Crippen LogP contribution >= 0.6 is 23.4 Å². The minimum absolute atomic E-state index is 0.0515. The SMILES string of the molecule is O=C1C2CCCCC2N2C(SCc3cccc(Cl)c3)=NNC2N1Cc1ccccc1. The highest BCUT2D eigenvalue weighted by molar-refractivity contribution is 8.13. The zero-order valence-corrected chi connectivity index (χ0v) is 18.3. The number of amidine groups is 1. The first-order chi connectivity index (χ1) is 14.7. The lowest BCUT2D eigenvalue weighted by Gasteiger charge is -2.50. The lowest BCUT2D eigenvalue weighted by molar-refractivity contribution is -0.156. The maximum atomic E-state index is 13.4. The molecule has 2 fully saturated rings. The predicted molar refractivity (Wildman–Crippen MR) is 122 cm³/mol. The number of carbonyl (C=O) groups excluding carboxylic acids is 1. The van der Waals surface area contributed by atoms with Gasteiger partial charge in [0.15, 0.2) is 11.5 Å². The lowest BCUT2D eigenvalue weighted by Crippen LogP contribution is -2.66. The van der Waals surface area contributed by atoms with Gasteiger partial charge in [-0.3, -0.25) is 15.1 Å². The molecule has 2 heterocycles. The fraction of sp³-hybridized carbons (Fsp3) is 0.391. The first kappa shape index (κ1) is 19.8. The molecule has 2 aromatic carbocycles. The molecule has 7 heteroatoms. The van der Waals surface area contributed by atoms with Crippen molar-refractivity contribution in [1.82, 2.24) is 15.2 Å². The Morgan fingerprint density at radius 3 is 2.70 bits per heavy atom. The Bertz CT molecular complexity index is 953. The van der Waals surface area contributed by atoms with Crippen LogP contribution in [0.1, 0.15) is 36.8 Å². The van der Waals surface area contributed by atoms with Crippen molar-refractivity contribution in [3.63, 3.8) is 0 Å². The lowest BCUT2D eigenvalue weighted by atomic mass is 9.81. The molecular weight excluding hydrogens is 416 g/mol. The van der Waals surface area contributed by atoms with Crippen LogP contribution in [-0.4, -0.2) is 33.2 Å². The third kappa shape index (κ3) is 3.79. The van der Waals surface area contributed by atoms with E-state index in [1.54, 1.807) is 11.8 Å². The topological polar surface area (TPSA) is 47.9 Å². The molecule has 1 N–H and O–H groups in total. The molecule has 1 saturated heterocycles. The smallest absolute Gasteiger partial charge is 0.231 e. The molecular formula is C23H25ClN4OS. The van der Waals surface area contributed by atoms with Crippen LogP contribution in [-0.2, 0) is 17.1 Å². The molecule has 2 aliphatic heterocycles. The summed E-state index contributed by atoms with van der Waals surface area (Å²) < 4.78 is 0. The molecule has 156 valence electrons. The Kier molecular flexibility index (Phi) is 5.61. The summed E-state index contributed by atoms with van der Waals surface area (Å²) in [7, 11) is 0. The van der Waals surface area contributed by atoms with E-state index in [9.17, 15) is 4.79 Å². The van der Waals surface area contributed by atoms with E-state index in [-0.39, 0.29) is 24.2 Å². The summed E-state index contributed by atoms with van der Waals surface area (Å²) in [5, 5.41) is 6.39. The number of hydrazone groups is 1. The van der Waals surface area contributed by atoms with E-state index in [4.69, 9.17) is 11.6 Å². The number of nitrogens with zero attached hydrogens (tertiary/aromatic N) is 3. The van der Waals surface area contributed by atoms with Crippen LogP contribution in [0.2, 0.25) is 5.02 Å². The van der Waals surface area contributed by atoms with Gasteiger partial charge in [0.2, 0.25) is 5.91 Å². The molecule has 2 aromatic rings. The van der Waals surface area contributed by atoms with E-state index in [2.05, 4.69) is 33.6 Å². The number of thioether (sulfide) groups is 1. The molecule has 3 atom stereocenters. The van der Waals surface area contributed by atoms with Gasteiger partial charge in [-0.05, 0) is 36.1 Å². The monoisotopic (exact) mass is 440 g/mol. The van der Waals surface area contributed by atoms with Gasteiger partial charge in [-0.2, -0.15) is 5.10 Å². The number of fused-ring (bicyclic) bond motifs is 3. The summed E-state index contributed by atoms with van der Waals surface area (Å²) in [6, 6.07) is 18.4. The predicted octanol–water partition coefficient (Wildman–Crippen LogP) is 4.63. The Hall–Kier alpha value is -2.18. The van der Waals surface area contributed by atoms with Gasteiger partial charge in [0.1, 0.15) is 0 Å². The van der Waals surface area contributed by atoms with E-state index in [1.165, 1.54) is 12.0 Å². The molecule has 1 saturated carbocycles. The van der Waals surface area contributed by atoms with Crippen LogP contribution in [0.25, 0.3) is 0 Å². The highest BCUT2D eigenvalue weighted by atomic mass is 35.5. The number of benzene rings is 2. The van der Waals surface area contributed by atoms with Gasteiger partial charge in [-0.25, -0.2) is 0 Å². The third-order valence-electron chi connectivity index (χ3n) is 6.20. The van der Waals surface area contributed by atoms with Crippen LogP contribution < -0.4 is 5.43 Å². The van der Waals surface area contributed by atoms with Crippen molar-refractivity contribution in [2.45, 2.75) is 50.3 Å². The number of halogens is 1. The van der Waals surface area contributed by atoms with Gasteiger partial charge < -0.3 is 4.90 Å². The number of hydrogen-bond acceptors (Lipinski definition) is 5. The standard InChI is InChI=1S/C23H25ClN4OS/c24-18-10-6-9-17(13-18)15-30-23-26-25-22-27(14-16-7-2-1-3-8-16)21(29)19-11-4-5-12-20(19)28(22)23/h1-3,6-10,13,19-20,22,25H,4-5,11-12,14-15H2. The molecule has 30 heavy (non-hydrogen) atoms. The summed E-state index contributed by atoms with van der Waals surface area (Å²) in [6.45, 7) is 0.596. The molecule has 3 unspecified atom stereocenters. The summed E-state index contributed by atoms with van der Waals surface area (Å²) in [6.07, 6.45) is 4.09. The van der Waals surface area contributed by atoms with Crippen molar-refractivity contribution < 1.29 is 4.79 Å². The second-order valence-electron chi connectivity index (χ2n) is 8.13. The summed E-state index contributed by atoms with van der Waals surface area (Å²) in [5.41, 5.74) is 5.58. The van der Waals surface area contributed by atoms with Crippen LogP contribution in [0.4, 0.5) is 0 Å². The van der Waals surface area contributed by atoms with E-state index < -0.39 is 0 Å². The Balaban J connectivity index is 1.38. The Morgan fingerprint density at radius 2 is 1.87 bits per heavy atom. The maximum Gasteiger partial charge on any atom is 0.231 e. The van der Waals surface area contributed by atoms with Crippen LogP contribution in [0.5, 0.6) is 0 Å². The van der Waals surface area contributed by atoms with Crippen LogP contribution in [0.15, 0.2) is 59.7 Å². The number of nitrogens with one attached hydrogen (secondary N) is 1. The number of amides is 1. The van der Waals surface area contributed by atoms with Crippen molar-refractivity contribution in [1.29, 1.82) is 0 Å². The van der Waals surface area contributed by atoms with E-state index >= 15 is 0 Å². The van der Waals surface area contributed by atoms with E-state index in [0.717, 1.165) is 40.8 Å². The fourth-order valence-electron chi connectivity index (χ4n) is 4.77. The minimum atomic E-state index is -0.209. The number of hydrogen-bond donors (Lipinski definition) is 1. The van der Waals surface area contributed by atoms with Crippen molar-refractivity contribution in [2.24, 2.45) is 11.0 Å². The second kappa shape index (κ2) is 8.52. The van der Waals surface area contributed by atoms with Gasteiger partial charge in [0.25, 0.3) is 0 Å². The highest BCUT2D eigenvalue weighted by Gasteiger charge is 2.50. The Morgan fingerprint density at radius 1 is 1.07 bits per heavy atom. The number of rotatable bonds is 4. The molecule has 5 rings (SSSR count). The van der Waals surface area contributed by atoms with Crippen molar-refractivity contribution in [3.05, 3.63) is 70.7 Å². The zero-order chi connectivity index (χ0) is 20.5. The normalized spacial score (nSPS) is 25.4. The molecule has 0 aromatic heterocycles. The van der Waals surface area contributed by atoms with Gasteiger partial charge in [0, 0.05) is 23.4 Å². The van der Waals surface area contributed by atoms with E-state index in [0.29, 0.717) is 6.54 Å². The maximum absolute atomic E-state index is 13.4. The summed E-state index contributed by atoms with van der Waals surface area (Å²) >= 11 is 7.86. The average molecular weight is 441 g/mol. The first-order valence-corrected chi connectivity index (χ1v) is 11.9. The first-order valence-electron chi connectivity index (χ1n) is 10.5. The van der Waals surface area contributed by atoms with Gasteiger partial charge in [0.05, 0.1) is 5.92 Å². The molecule has 0 bridgehead atoms. The van der Waals surface area contributed by atoms with E-state index in [1.807, 2.05) is 41.3 Å². The summed E-state index contributed by atoms with van der Waals surface area (Å²) in [4.78, 5) is 17.8. The Labute approximate surface area is 186 Å². The van der Waals surface area contributed by atoms with Crippen LogP contribution in [0.3, 0.4) is 0 Å².